The lowest BCUT2D eigenvalue weighted by molar-refractivity contribution is 0.0529. The Bertz CT molecular complexity index is 1050. The van der Waals surface area contributed by atoms with E-state index in [9.17, 15) is 14.9 Å². The number of carbonyl (C=O) groups excluding carboxylic acids is 1. The van der Waals surface area contributed by atoms with Crippen LogP contribution < -0.4 is 10.9 Å². The smallest absolute Gasteiger partial charge is 0.342 e. The molecule has 3 aromatic rings. The number of ether oxygens (including phenoxy) is 1. The first-order valence-corrected chi connectivity index (χ1v) is 8.04. The van der Waals surface area contributed by atoms with E-state index in [1.807, 2.05) is 12.1 Å². The molecule has 0 saturated carbocycles. The minimum atomic E-state index is -0.596. The van der Waals surface area contributed by atoms with Gasteiger partial charge >= 0.3 is 5.97 Å². The zero-order valence-corrected chi connectivity index (χ0v) is 14.1. The zero-order chi connectivity index (χ0) is 18.5. The number of fused-ring (bicyclic) bond motifs is 1. The number of carbonyl (C=O) groups is 1. The van der Waals surface area contributed by atoms with Gasteiger partial charge in [0, 0.05) is 25.1 Å². The standard InChI is InChI=1S/C19H16N4O3/c1-2-26-19(25)16-15-7-3-4-9-23(15)18(24)14(10-20)17(16)22-12-13-6-5-8-21-11-13/h3-9,11,22H,2,12H2,1H3. The highest BCUT2D eigenvalue weighted by Crippen LogP contribution is 2.24. The molecule has 130 valence electrons. The highest BCUT2D eigenvalue weighted by Gasteiger charge is 2.23. The van der Waals surface area contributed by atoms with Gasteiger partial charge in [-0.15, -0.1) is 0 Å². The van der Waals surface area contributed by atoms with Crippen LogP contribution in [-0.4, -0.2) is 22.0 Å². The molecule has 0 atom stereocenters. The van der Waals surface area contributed by atoms with Crippen molar-refractivity contribution in [3.63, 3.8) is 0 Å². The van der Waals surface area contributed by atoms with Gasteiger partial charge in [0.2, 0.25) is 0 Å². The Morgan fingerprint density at radius 2 is 2.19 bits per heavy atom. The Balaban J connectivity index is 2.21. The number of hydrogen-bond acceptors (Lipinski definition) is 6. The summed E-state index contributed by atoms with van der Waals surface area (Å²) in [6.45, 7) is 2.18. The molecular formula is C19H16N4O3. The van der Waals surface area contributed by atoms with Gasteiger partial charge in [-0.2, -0.15) is 5.26 Å². The maximum Gasteiger partial charge on any atom is 0.342 e. The van der Waals surface area contributed by atoms with E-state index in [0.717, 1.165) is 5.56 Å². The van der Waals surface area contributed by atoms with Crippen LogP contribution in [0.5, 0.6) is 0 Å². The van der Waals surface area contributed by atoms with Gasteiger partial charge in [-0.3, -0.25) is 14.2 Å². The fourth-order valence-electron chi connectivity index (χ4n) is 2.69. The number of nitrogens with zero attached hydrogens (tertiary/aromatic N) is 3. The SMILES string of the molecule is CCOC(=O)c1c(NCc2cccnc2)c(C#N)c(=O)n2ccccc12. The fraction of sp³-hybridized carbons (Fsp3) is 0.158. The van der Waals surface area contributed by atoms with Crippen LogP contribution in [0.3, 0.4) is 0 Å². The minimum Gasteiger partial charge on any atom is -0.462 e. The molecule has 7 heteroatoms. The molecule has 0 aliphatic heterocycles. The molecule has 3 heterocycles. The van der Waals surface area contributed by atoms with Crippen molar-refractivity contribution in [3.8, 4) is 6.07 Å². The average Bonchev–Trinajstić information content (AvgIpc) is 2.67. The third kappa shape index (κ3) is 3.13. The van der Waals surface area contributed by atoms with E-state index in [2.05, 4.69) is 10.3 Å². The number of nitriles is 1. The second-order valence-corrected chi connectivity index (χ2v) is 5.43. The zero-order valence-electron chi connectivity index (χ0n) is 14.1. The molecule has 0 aliphatic rings. The highest BCUT2D eigenvalue weighted by atomic mass is 16.5. The molecule has 0 fully saturated rings. The van der Waals surface area contributed by atoms with Crippen LogP contribution in [0.2, 0.25) is 0 Å². The van der Waals surface area contributed by atoms with Crippen LogP contribution in [0.4, 0.5) is 5.69 Å². The van der Waals surface area contributed by atoms with Gasteiger partial charge < -0.3 is 10.1 Å². The van der Waals surface area contributed by atoms with Crippen molar-refractivity contribution >= 4 is 17.2 Å². The van der Waals surface area contributed by atoms with Crippen molar-refractivity contribution in [3.05, 3.63) is 76.0 Å². The van der Waals surface area contributed by atoms with E-state index in [4.69, 9.17) is 4.74 Å². The van der Waals surface area contributed by atoms with E-state index in [1.165, 1.54) is 10.6 Å². The summed E-state index contributed by atoms with van der Waals surface area (Å²) in [5, 5.41) is 12.6. The van der Waals surface area contributed by atoms with Gasteiger partial charge in [0.25, 0.3) is 5.56 Å². The van der Waals surface area contributed by atoms with Crippen molar-refractivity contribution in [2.75, 3.05) is 11.9 Å². The Morgan fingerprint density at radius 1 is 1.35 bits per heavy atom. The van der Waals surface area contributed by atoms with Crippen LogP contribution in [0.25, 0.3) is 5.52 Å². The lowest BCUT2D eigenvalue weighted by Gasteiger charge is -2.16. The molecule has 0 amide bonds. The summed E-state index contributed by atoms with van der Waals surface area (Å²) in [5.41, 5.74) is 0.923. The largest absolute Gasteiger partial charge is 0.462 e. The Kier molecular flexibility index (Phi) is 4.94. The molecule has 0 aliphatic carbocycles. The van der Waals surface area contributed by atoms with Crippen LogP contribution in [0.1, 0.15) is 28.4 Å². The summed E-state index contributed by atoms with van der Waals surface area (Å²) in [6, 6.07) is 10.6. The Labute approximate surface area is 149 Å². The van der Waals surface area contributed by atoms with Gasteiger partial charge in [-0.25, -0.2) is 4.79 Å². The lowest BCUT2D eigenvalue weighted by atomic mass is 10.1. The number of nitrogens with one attached hydrogen (secondary N) is 1. The van der Waals surface area contributed by atoms with E-state index in [0.29, 0.717) is 12.1 Å². The van der Waals surface area contributed by atoms with Gasteiger partial charge in [0.05, 0.1) is 17.8 Å². The predicted molar refractivity (Wildman–Crippen MR) is 95.9 cm³/mol. The minimum absolute atomic E-state index is 0.138. The van der Waals surface area contributed by atoms with Crippen LogP contribution in [-0.2, 0) is 11.3 Å². The molecule has 3 rings (SSSR count). The van der Waals surface area contributed by atoms with E-state index < -0.39 is 11.5 Å². The molecule has 0 aromatic carbocycles. The van der Waals surface area contributed by atoms with Gasteiger partial charge in [0.1, 0.15) is 17.2 Å². The molecule has 0 unspecified atom stereocenters. The number of esters is 1. The summed E-state index contributed by atoms with van der Waals surface area (Å²) < 4.78 is 6.43. The first-order chi connectivity index (χ1) is 12.7. The van der Waals surface area contributed by atoms with Gasteiger partial charge in [0.15, 0.2) is 0 Å². The maximum atomic E-state index is 12.7. The molecule has 0 saturated heterocycles. The van der Waals surface area contributed by atoms with E-state index >= 15 is 0 Å². The topological polar surface area (TPSA) is 96.5 Å². The molecule has 0 spiro atoms. The molecule has 7 nitrogen and oxygen atoms in total. The van der Waals surface area contributed by atoms with Gasteiger partial charge in [-0.05, 0) is 30.7 Å². The van der Waals surface area contributed by atoms with Crippen molar-refractivity contribution < 1.29 is 9.53 Å². The molecule has 0 radical (unpaired) electrons. The highest BCUT2D eigenvalue weighted by molar-refractivity contribution is 6.04. The number of anilines is 1. The third-order valence-electron chi connectivity index (χ3n) is 3.83. The molecule has 3 aromatic heterocycles. The number of hydrogen-bond donors (Lipinski definition) is 1. The van der Waals surface area contributed by atoms with Crippen molar-refractivity contribution in [1.82, 2.24) is 9.38 Å². The Hall–Kier alpha value is -3.66. The summed E-state index contributed by atoms with van der Waals surface area (Å²) >= 11 is 0. The number of aromatic nitrogens is 2. The lowest BCUT2D eigenvalue weighted by Crippen LogP contribution is -2.24. The van der Waals surface area contributed by atoms with E-state index in [-0.39, 0.29) is 23.4 Å². The monoisotopic (exact) mass is 348 g/mol. The number of rotatable bonds is 5. The van der Waals surface area contributed by atoms with Crippen molar-refractivity contribution in [2.24, 2.45) is 0 Å². The summed E-state index contributed by atoms with van der Waals surface area (Å²) in [7, 11) is 0. The van der Waals surface area contributed by atoms with Crippen LogP contribution in [0.15, 0.2) is 53.7 Å². The molecule has 0 bridgehead atoms. The van der Waals surface area contributed by atoms with Gasteiger partial charge in [-0.1, -0.05) is 12.1 Å². The normalized spacial score (nSPS) is 10.3. The average molecular weight is 348 g/mol. The summed E-state index contributed by atoms with van der Waals surface area (Å²) in [5.74, 6) is -0.596. The Morgan fingerprint density at radius 3 is 2.88 bits per heavy atom. The molecule has 1 N–H and O–H groups in total. The summed E-state index contributed by atoms with van der Waals surface area (Å²) in [6.07, 6.45) is 4.83. The second-order valence-electron chi connectivity index (χ2n) is 5.43. The quantitative estimate of drug-likeness (QED) is 0.711. The third-order valence-corrected chi connectivity index (χ3v) is 3.83. The van der Waals surface area contributed by atoms with Crippen LogP contribution in [0, 0.1) is 11.3 Å². The number of pyridine rings is 3. The first kappa shape index (κ1) is 17.2. The summed E-state index contributed by atoms with van der Waals surface area (Å²) in [4.78, 5) is 29.3. The second kappa shape index (κ2) is 7.49. The van der Waals surface area contributed by atoms with E-state index in [1.54, 1.807) is 43.6 Å². The predicted octanol–water partition coefficient (Wildman–Crippen LogP) is 2.35. The first-order valence-electron chi connectivity index (χ1n) is 8.04. The van der Waals surface area contributed by atoms with Crippen molar-refractivity contribution in [2.45, 2.75) is 13.5 Å². The van der Waals surface area contributed by atoms with Crippen molar-refractivity contribution in [1.29, 1.82) is 5.26 Å². The fourth-order valence-corrected chi connectivity index (χ4v) is 2.69. The molecular weight excluding hydrogens is 332 g/mol. The maximum absolute atomic E-state index is 12.7. The molecule has 26 heavy (non-hydrogen) atoms. The van der Waals surface area contributed by atoms with Crippen LogP contribution >= 0.6 is 0 Å².